The first-order valence-electron chi connectivity index (χ1n) is 7.77. The highest BCUT2D eigenvalue weighted by Crippen LogP contribution is 2.31. The molecule has 0 N–H and O–H groups in total. The number of hydrogen-bond acceptors (Lipinski definition) is 4. The minimum absolute atomic E-state index is 0.0403. The second-order valence-corrected chi connectivity index (χ2v) is 8.65. The van der Waals surface area contributed by atoms with Gasteiger partial charge in [0.15, 0.2) is 9.84 Å². The zero-order valence-electron chi connectivity index (χ0n) is 13.5. The summed E-state index contributed by atoms with van der Waals surface area (Å²) in [7, 11) is -1.49. The van der Waals surface area contributed by atoms with Gasteiger partial charge in [0, 0.05) is 25.4 Å². The van der Waals surface area contributed by atoms with E-state index in [0.29, 0.717) is 18.9 Å². The molecular weight excluding hydrogens is 302 g/mol. The number of amides is 1. The van der Waals surface area contributed by atoms with Crippen molar-refractivity contribution in [3.8, 4) is 0 Å². The normalized spacial score (nSPS) is 19.1. The summed E-state index contributed by atoms with van der Waals surface area (Å²) in [5.74, 6) is -0.256. The number of aromatic nitrogens is 2. The Balaban J connectivity index is 2.02. The molecule has 22 heavy (non-hydrogen) atoms. The van der Waals surface area contributed by atoms with Gasteiger partial charge in [0.05, 0.1) is 18.0 Å². The maximum Gasteiger partial charge on any atom is 0.238 e. The fourth-order valence-corrected chi connectivity index (χ4v) is 4.30. The third-order valence-corrected chi connectivity index (χ3v) is 5.58. The van der Waals surface area contributed by atoms with Gasteiger partial charge in [-0.15, -0.1) is 0 Å². The average molecular weight is 327 g/mol. The molecule has 1 aromatic rings. The topological polar surface area (TPSA) is 72.3 Å². The molecule has 0 saturated carbocycles. The summed E-state index contributed by atoms with van der Waals surface area (Å²) in [6.07, 6.45) is 6.01. The summed E-state index contributed by atoms with van der Waals surface area (Å²) in [5.41, 5.74) is 0.980. The maximum atomic E-state index is 12.4. The van der Waals surface area contributed by atoms with E-state index in [9.17, 15) is 13.2 Å². The van der Waals surface area contributed by atoms with Gasteiger partial charge in [-0.25, -0.2) is 8.42 Å². The Kier molecular flexibility index (Phi) is 5.26. The van der Waals surface area contributed by atoms with Gasteiger partial charge in [-0.2, -0.15) is 5.10 Å². The van der Waals surface area contributed by atoms with Crippen molar-refractivity contribution in [2.24, 2.45) is 13.0 Å². The van der Waals surface area contributed by atoms with Gasteiger partial charge >= 0.3 is 0 Å². The monoisotopic (exact) mass is 327 g/mol. The van der Waals surface area contributed by atoms with Gasteiger partial charge in [0.1, 0.15) is 5.75 Å². The molecule has 1 aromatic heterocycles. The molecule has 1 unspecified atom stereocenters. The number of rotatable bonds is 6. The van der Waals surface area contributed by atoms with E-state index in [1.165, 1.54) is 0 Å². The molecule has 1 aliphatic heterocycles. The van der Waals surface area contributed by atoms with E-state index in [1.54, 1.807) is 15.8 Å². The van der Waals surface area contributed by atoms with Crippen LogP contribution in [-0.2, 0) is 21.7 Å². The summed E-state index contributed by atoms with van der Waals surface area (Å²) < 4.78 is 25.9. The van der Waals surface area contributed by atoms with Crippen molar-refractivity contribution < 1.29 is 13.2 Å². The zero-order chi connectivity index (χ0) is 16.3. The van der Waals surface area contributed by atoms with Gasteiger partial charge in [-0.3, -0.25) is 9.48 Å². The fraction of sp³-hybridized carbons (Fsp3) is 0.733. The lowest BCUT2D eigenvalue weighted by Crippen LogP contribution is -2.36. The minimum atomic E-state index is -3.33. The summed E-state index contributed by atoms with van der Waals surface area (Å²) in [4.78, 5) is 14.1. The van der Waals surface area contributed by atoms with Gasteiger partial charge in [-0.1, -0.05) is 13.8 Å². The van der Waals surface area contributed by atoms with Crippen LogP contribution >= 0.6 is 0 Å². The molecule has 1 amide bonds. The number of carbonyl (C=O) groups is 1. The zero-order valence-corrected chi connectivity index (χ0v) is 14.3. The molecule has 0 radical (unpaired) electrons. The van der Waals surface area contributed by atoms with Gasteiger partial charge < -0.3 is 4.90 Å². The molecule has 1 aliphatic rings. The van der Waals surface area contributed by atoms with Gasteiger partial charge in [0.25, 0.3) is 0 Å². The van der Waals surface area contributed by atoms with Crippen LogP contribution in [0.15, 0.2) is 12.4 Å². The van der Waals surface area contributed by atoms with Crippen LogP contribution < -0.4 is 0 Å². The van der Waals surface area contributed by atoms with Gasteiger partial charge in [-0.05, 0) is 25.2 Å². The lowest BCUT2D eigenvalue weighted by molar-refractivity contribution is -0.129. The highest BCUT2D eigenvalue weighted by atomic mass is 32.2. The summed E-state index contributed by atoms with van der Waals surface area (Å²) >= 11 is 0. The Labute approximate surface area is 132 Å². The molecule has 0 spiro atoms. The number of aryl methyl sites for hydroxylation is 1. The third kappa shape index (κ3) is 4.32. The van der Waals surface area contributed by atoms with Crippen molar-refractivity contribution in [3.63, 3.8) is 0 Å². The van der Waals surface area contributed by atoms with Crippen molar-refractivity contribution in [2.45, 2.75) is 39.2 Å². The highest BCUT2D eigenvalue weighted by Gasteiger charge is 2.32. The molecular formula is C15H25N3O3S. The molecule has 7 heteroatoms. The highest BCUT2D eigenvalue weighted by molar-refractivity contribution is 7.92. The third-order valence-electron chi connectivity index (χ3n) is 4.03. The SMILES string of the molecule is CC(C)CCS(=O)(=O)CC(=O)N1CCCC1c1cnn(C)c1. The Hall–Kier alpha value is -1.37. The first-order valence-corrected chi connectivity index (χ1v) is 9.59. The van der Waals surface area contributed by atoms with E-state index in [0.717, 1.165) is 18.4 Å². The largest absolute Gasteiger partial charge is 0.335 e. The van der Waals surface area contributed by atoms with Crippen LogP contribution in [-0.4, -0.2) is 47.1 Å². The lowest BCUT2D eigenvalue weighted by Gasteiger charge is -2.24. The van der Waals surface area contributed by atoms with E-state index in [4.69, 9.17) is 0 Å². The molecule has 1 saturated heterocycles. The number of likely N-dealkylation sites (tertiary alicyclic amines) is 1. The van der Waals surface area contributed by atoms with Crippen LogP contribution in [0, 0.1) is 5.92 Å². The van der Waals surface area contributed by atoms with Crippen LogP contribution in [0.3, 0.4) is 0 Å². The molecule has 124 valence electrons. The summed E-state index contributed by atoms with van der Waals surface area (Å²) in [5, 5.41) is 4.14. The van der Waals surface area contributed by atoms with Crippen molar-refractivity contribution in [1.82, 2.24) is 14.7 Å². The molecule has 6 nitrogen and oxygen atoms in total. The standard InChI is InChI=1S/C15H25N3O3S/c1-12(2)6-8-22(20,21)11-15(19)18-7-4-5-14(18)13-9-16-17(3)10-13/h9-10,12,14H,4-8,11H2,1-3H3. The Morgan fingerprint density at radius 3 is 2.77 bits per heavy atom. The lowest BCUT2D eigenvalue weighted by atomic mass is 10.1. The summed E-state index contributed by atoms with van der Waals surface area (Å²) in [6, 6.07) is -0.0403. The van der Waals surface area contributed by atoms with Crippen molar-refractivity contribution >= 4 is 15.7 Å². The van der Waals surface area contributed by atoms with E-state index >= 15 is 0 Å². The van der Waals surface area contributed by atoms with E-state index in [1.807, 2.05) is 27.1 Å². The Morgan fingerprint density at radius 1 is 1.45 bits per heavy atom. The fourth-order valence-electron chi connectivity index (χ4n) is 2.78. The van der Waals surface area contributed by atoms with Crippen LogP contribution in [0.2, 0.25) is 0 Å². The van der Waals surface area contributed by atoms with Crippen molar-refractivity contribution in [1.29, 1.82) is 0 Å². The number of carbonyl (C=O) groups excluding carboxylic acids is 1. The second-order valence-electron chi connectivity index (χ2n) is 6.47. The number of sulfone groups is 1. The minimum Gasteiger partial charge on any atom is -0.335 e. The number of hydrogen-bond donors (Lipinski definition) is 0. The summed E-state index contributed by atoms with van der Waals surface area (Å²) in [6.45, 7) is 4.59. The molecule has 0 aliphatic carbocycles. The molecule has 2 rings (SSSR count). The second kappa shape index (κ2) is 6.81. The van der Waals surface area contributed by atoms with Crippen LogP contribution in [0.25, 0.3) is 0 Å². The van der Waals surface area contributed by atoms with Crippen LogP contribution in [0.5, 0.6) is 0 Å². The number of nitrogens with zero attached hydrogens (tertiary/aromatic N) is 3. The van der Waals surface area contributed by atoms with Crippen LogP contribution in [0.4, 0.5) is 0 Å². The van der Waals surface area contributed by atoms with Crippen molar-refractivity contribution in [2.75, 3.05) is 18.1 Å². The quantitative estimate of drug-likeness (QED) is 0.794. The average Bonchev–Trinajstić information content (AvgIpc) is 3.04. The predicted octanol–water partition coefficient (Wildman–Crippen LogP) is 1.54. The molecule has 0 bridgehead atoms. The maximum absolute atomic E-state index is 12.4. The first kappa shape index (κ1) is 17.0. The molecule has 2 heterocycles. The predicted molar refractivity (Wildman–Crippen MR) is 85.0 cm³/mol. The Bertz CT molecular complexity index is 622. The van der Waals surface area contributed by atoms with Crippen molar-refractivity contribution in [3.05, 3.63) is 18.0 Å². The molecule has 1 atom stereocenters. The van der Waals surface area contributed by atoms with E-state index in [-0.39, 0.29) is 23.5 Å². The Morgan fingerprint density at radius 2 is 2.18 bits per heavy atom. The molecule has 0 aromatic carbocycles. The molecule has 1 fully saturated rings. The van der Waals surface area contributed by atoms with E-state index < -0.39 is 9.84 Å². The smallest absolute Gasteiger partial charge is 0.238 e. The first-order chi connectivity index (χ1) is 10.3. The van der Waals surface area contributed by atoms with E-state index in [2.05, 4.69) is 5.10 Å². The van der Waals surface area contributed by atoms with Gasteiger partial charge in [0.2, 0.25) is 5.91 Å². The van der Waals surface area contributed by atoms with Crippen LogP contribution in [0.1, 0.15) is 44.7 Å².